The fourth-order valence-corrected chi connectivity index (χ4v) is 4.59. The molecule has 0 aliphatic carbocycles. The molecule has 7 nitrogen and oxygen atoms in total. The Morgan fingerprint density at radius 2 is 2.03 bits per heavy atom. The minimum Gasteiger partial charge on any atom is -0.497 e. The lowest BCUT2D eigenvalue weighted by Crippen LogP contribution is -2.64. The van der Waals surface area contributed by atoms with Crippen LogP contribution in [0.4, 0.5) is 10.5 Å². The van der Waals surface area contributed by atoms with E-state index in [0.29, 0.717) is 23.1 Å². The van der Waals surface area contributed by atoms with Gasteiger partial charge in [0.15, 0.2) is 0 Å². The summed E-state index contributed by atoms with van der Waals surface area (Å²) in [5, 5.41) is 6.19. The average molecular weight is 396 g/mol. The number of amides is 2. The number of nitrogens with one attached hydrogen (secondary N) is 2. The summed E-state index contributed by atoms with van der Waals surface area (Å²) in [7, 11) is 3.18. The smallest absolute Gasteiger partial charge is 0.319 e. The van der Waals surface area contributed by atoms with Gasteiger partial charge in [0.25, 0.3) is 0 Å². The van der Waals surface area contributed by atoms with Gasteiger partial charge < -0.3 is 20.1 Å². The van der Waals surface area contributed by atoms with Crippen LogP contribution in [0.15, 0.2) is 42.7 Å². The maximum absolute atomic E-state index is 12.8. The van der Waals surface area contributed by atoms with Crippen molar-refractivity contribution in [2.45, 2.75) is 31.3 Å². The summed E-state index contributed by atoms with van der Waals surface area (Å²) in [5.74, 6) is 1.76. The fourth-order valence-electron chi connectivity index (χ4n) is 4.59. The third-order valence-electron chi connectivity index (χ3n) is 6.09. The molecule has 5 rings (SSSR count). The average Bonchev–Trinajstić information content (AvgIpc) is 2.77. The van der Waals surface area contributed by atoms with E-state index < -0.39 is 0 Å². The molecule has 2 atom stereocenters. The standard InChI is InChI=1S/C22H28N4O3/c1-28-17-5-6-18(20(13-17)29-2)24-22(27)25-21-16-7-10-26(11-8-16)19(21)12-15-4-3-9-23-14-15/h3-6,9,13-14,16,19,21H,7-8,10-12H2,1-2H3,(H2,24,25,27). The lowest BCUT2D eigenvalue weighted by atomic mass is 9.77. The lowest BCUT2D eigenvalue weighted by molar-refractivity contribution is 0.0184. The van der Waals surface area contributed by atoms with Crippen molar-refractivity contribution in [2.75, 3.05) is 32.6 Å². The molecular weight excluding hydrogens is 368 g/mol. The van der Waals surface area contributed by atoms with Gasteiger partial charge in [-0.05, 0) is 62.0 Å². The summed E-state index contributed by atoms with van der Waals surface area (Å²) in [5.41, 5.74) is 1.82. The van der Waals surface area contributed by atoms with Crippen LogP contribution in [0.25, 0.3) is 0 Å². The van der Waals surface area contributed by atoms with Crippen molar-refractivity contribution >= 4 is 11.7 Å². The van der Waals surface area contributed by atoms with Crippen LogP contribution in [0.5, 0.6) is 11.5 Å². The molecule has 2 unspecified atom stereocenters. The van der Waals surface area contributed by atoms with E-state index >= 15 is 0 Å². The first kappa shape index (κ1) is 19.5. The molecule has 3 aliphatic rings. The Kier molecular flexibility index (Phi) is 5.85. The zero-order valence-corrected chi connectivity index (χ0v) is 16.9. The van der Waals surface area contributed by atoms with Gasteiger partial charge in [0.2, 0.25) is 0 Å². The maximum Gasteiger partial charge on any atom is 0.319 e. The summed E-state index contributed by atoms with van der Waals surface area (Å²) < 4.78 is 10.6. The molecule has 3 aliphatic heterocycles. The minimum atomic E-state index is -0.205. The number of fused-ring (bicyclic) bond motifs is 3. The van der Waals surface area contributed by atoms with Gasteiger partial charge >= 0.3 is 6.03 Å². The van der Waals surface area contributed by atoms with Crippen molar-refractivity contribution < 1.29 is 14.3 Å². The van der Waals surface area contributed by atoms with Crippen LogP contribution >= 0.6 is 0 Å². The fraction of sp³-hybridized carbons (Fsp3) is 0.455. The Labute approximate surface area is 171 Å². The number of ether oxygens (including phenoxy) is 2. The largest absolute Gasteiger partial charge is 0.497 e. The molecule has 3 fully saturated rings. The topological polar surface area (TPSA) is 75.7 Å². The van der Waals surface area contributed by atoms with Crippen LogP contribution in [0.2, 0.25) is 0 Å². The van der Waals surface area contributed by atoms with E-state index in [9.17, 15) is 4.79 Å². The van der Waals surface area contributed by atoms with Crippen LogP contribution in [-0.2, 0) is 6.42 Å². The predicted molar refractivity (Wildman–Crippen MR) is 112 cm³/mol. The Balaban J connectivity index is 1.47. The van der Waals surface area contributed by atoms with Crippen molar-refractivity contribution in [2.24, 2.45) is 5.92 Å². The predicted octanol–water partition coefficient (Wildman–Crippen LogP) is 2.93. The van der Waals surface area contributed by atoms with Crippen LogP contribution in [0, 0.1) is 5.92 Å². The van der Waals surface area contributed by atoms with Crippen LogP contribution in [-0.4, -0.2) is 55.3 Å². The lowest BCUT2D eigenvalue weighted by Gasteiger charge is -2.51. The van der Waals surface area contributed by atoms with Crippen LogP contribution in [0.3, 0.4) is 0 Å². The molecule has 2 aromatic rings. The van der Waals surface area contributed by atoms with Gasteiger partial charge in [-0.1, -0.05) is 6.07 Å². The summed E-state index contributed by atoms with van der Waals surface area (Å²) in [6.07, 6.45) is 6.85. The number of hydrogen-bond donors (Lipinski definition) is 2. The second-order valence-corrected chi connectivity index (χ2v) is 7.70. The van der Waals surface area contributed by atoms with Crippen molar-refractivity contribution in [1.82, 2.24) is 15.2 Å². The molecule has 0 spiro atoms. The van der Waals surface area contributed by atoms with Crippen LogP contribution in [0.1, 0.15) is 18.4 Å². The van der Waals surface area contributed by atoms with Crippen molar-refractivity contribution in [3.63, 3.8) is 0 Å². The number of benzene rings is 1. The highest BCUT2D eigenvalue weighted by Crippen LogP contribution is 2.34. The molecule has 1 aromatic carbocycles. The van der Waals surface area contributed by atoms with Gasteiger partial charge in [-0.3, -0.25) is 9.88 Å². The number of rotatable bonds is 6. The number of pyridine rings is 1. The highest BCUT2D eigenvalue weighted by molar-refractivity contribution is 5.91. The number of carbonyl (C=O) groups is 1. The number of carbonyl (C=O) groups excluding carboxylic acids is 1. The van der Waals surface area contributed by atoms with E-state index in [2.05, 4.69) is 26.6 Å². The monoisotopic (exact) mass is 396 g/mol. The molecule has 2 bridgehead atoms. The summed E-state index contributed by atoms with van der Waals surface area (Å²) in [4.78, 5) is 19.6. The minimum absolute atomic E-state index is 0.113. The van der Waals surface area contributed by atoms with Gasteiger partial charge in [0, 0.05) is 30.5 Å². The number of aromatic nitrogens is 1. The number of hydrogen-bond acceptors (Lipinski definition) is 5. The molecule has 3 saturated heterocycles. The normalized spacial score (nSPS) is 25.3. The second kappa shape index (κ2) is 8.69. The molecule has 0 saturated carbocycles. The van der Waals surface area contributed by atoms with Crippen molar-refractivity contribution in [3.8, 4) is 11.5 Å². The first-order chi connectivity index (χ1) is 14.2. The molecule has 4 heterocycles. The Bertz CT molecular complexity index is 837. The number of urea groups is 1. The summed E-state index contributed by atoms with van der Waals surface area (Å²) in [6.45, 7) is 2.20. The summed E-state index contributed by atoms with van der Waals surface area (Å²) >= 11 is 0. The molecule has 2 N–H and O–H groups in total. The van der Waals surface area contributed by atoms with Gasteiger partial charge in [0.1, 0.15) is 11.5 Å². The van der Waals surface area contributed by atoms with Gasteiger partial charge in [-0.25, -0.2) is 4.79 Å². The SMILES string of the molecule is COc1ccc(NC(=O)NC2C3CCN(CC3)C2Cc2cccnc2)c(OC)c1. The Morgan fingerprint density at radius 3 is 2.72 bits per heavy atom. The molecule has 2 amide bonds. The third kappa shape index (κ3) is 4.29. The van der Waals surface area contributed by atoms with E-state index in [4.69, 9.17) is 9.47 Å². The van der Waals surface area contributed by atoms with Crippen LogP contribution < -0.4 is 20.1 Å². The summed E-state index contributed by atoms with van der Waals surface area (Å²) in [6, 6.07) is 9.63. The molecule has 0 radical (unpaired) electrons. The van der Waals surface area contributed by atoms with E-state index in [0.717, 1.165) is 32.4 Å². The second-order valence-electron chi connectivity index (χ2n) is 7.70. The Morgan fingerprint density at radius 1 is 1.21 bits per heavy atom. The number of methoxy groups -OCH3 is 2. The quantitative estimate of drug-likeness (QED) is 0.785. The van der Waals surface area contributed by atoms with E-state index in [1.807, 2.05) is 12.3 Å². The molecular formula is C22H28N4O3. The zero-order chi connectivity index (χ0) is 20.2. The third-order valence-corrected chi connectivity index (χ3v) is 6.09. The highest BCUT2D eigenvalue weighted by Gasteiger charge is 2.42. The molecule has 7 heteroatoms. The van der Waals surface area contributed by atoms with E-state index in [1.54, 1.807) is 38.6 Å². The maximum atomic E-state index is 12.8. The Hall–Kier alpha value is -2.80. The number of nitrogens with zero attached hydrogens (tertiary/aromatic N) is 2. The highest BCUT2D eigenvalue weighted by atomic mass is 16.5. The van der Waals surface area contributed by atoms with E-state index in [-0.39, 0.29) is 18.1 Å². The molecule has 29 heavy (non-hydrogen) atoms. The van der Waals surface area contributed by atoms with Crippen molar-refractivity contribution in [3.05, 3.63) is 48.3 Å². The number of piperidine rings is 3. The molecule has 154 valence electrons. The first-order valence-corrected chi connectivity index (χ1v) is 10.1. The zero-order valence-electron chi connectivity index (χ0n) is 16.9. The van der Waals surface area contributed by atoms with E-state index in [1.165, 1.54) is 5.56 Å². The first-order valence-electron chi connectivity index (χ1n) is 10.1. The molecule has 1 aromatic heterocycles. The van der Waals surface area contributed by atoms with Gasteiger partial charge in [-0.2, -0.15) is 0 Å². The van der Waals surface area contributed by atoms with Gasteiger partial charge in [0.05, 0.1) is 19.9 Å². The van der Waals surface area contributed by atoms with Crippen molar-refractivity contribution in [1.29, 1.82) is 0 Å². The number of anilines is 1. The van der Waals surface area contributed by atoms with Gasteiger partial charge in [-0.15, -0.1) is 0 Å².